The fourth-order valence-corrected chi connectivity index (χ4v) is 4.87. The second-order valence-corrected chi connectivity index (χ2v) is 9.20. The van der Waals surface area contributed by atoms with Crippen LogP contribution in [0.2, 0.25) is 0 Å². The van der Waals surface area contributed by atoms with E-state index in [0.717, 1.165) is 16.7 Å². The molecule has 182 valence electrons. The maximum atomic E-state index is 14.9. The van der Waals surface area contributed by atoms with Crippen LogP contribution < -0.4 is 9.47 Å². The predicted molar refractivity (Wildman–Crippen MR) is 128 cm³/mol. The van der Waals surface area contributed by atoms with Crippen molar-refractivity contribution in [3.8, 4) is 28.6 Å². The minimum absolute atomic E-state index is 0.0614. The Morgan fingerprint density at radius 2 is 1.81 bits per heavy atom. The molecule has 1 heterocycles. The van der Waals surface area contributed by atoms with Gasteiger partial charge < -0.3 is 19.1 Å². The third-order valence-corrected chi connectivity index (χ3v) is 6.80. The smallest absolute Gasteiger partial charge is 0.307 e. The van der Waals surface area contributed by atoms with E-state index < -0.39 is 12.1 Å². The van der Waals surface area contributed by atoms with Gasteiger partial charge in [-0.05, 0) is 79.3 Å². The van der Waals surface area contributed by atoms with Crippen LogP contribution in [-0.2, 0) is 11.2 Å². The highest BCUT2D eigenvalue weighted by Crippen LogP contribution is 2.48. The molecule has 0 aliphatic heterocycles. The number of carboxylic acids is 1. The maximum Gasteiger partial charge on any atom is 0.307 e. The summed E-state index contributed by atoms with van der Waals surface area (Å²) >= 11 is 0. The van der Waals surface area contributed by atoms with E-state index in [4.69, 9.17) is 19.1 Å². The molecule has 7 nitrogen and oxygen atoms in total. The Morgan fingerprint density at radius 3 is 2.47 bits per heavy atom. The van der Waals surface area contributed by atoms with Gasteiger partial charge in [0.05, 0.1) is 5.92 Å². The van der Waals surface area contributed by atoms with Crippen molar-refractivity contribution >= 4 is 5.97 Å². The number of carbonyl (C=O) groups is 1. The molecule has 3 aromatic carbocycles. The van der Waals surface area contributed by atoms with E-state index in [-0.39, 0.29) is 17.7 Å². The third kappa shape index (κ3) is 4.19. The molecule has 1 aromatic heterocycles. The van der Waals surface area contributed by atoms with Gasteiger partial charge in [0.1, 0.15) is 29.2 Å². The van der Waals surface area contributed by atoms with Gasteiger partial charge in [0.25, 0.3) is 0 Å². The summed E-state index contributed by atoms with van der Waals surface area (Å²) in [7, 11) is 0. The highest BCUT2D eigenvalue weighted by Gasteiger charge is 2.44. The zero-order valence-electron chi connectivity index (χ0n) is 19.5. The summed E-state index contributed by atoms with van der Waals surface area (Å²) in [6.45, 7) is 1.74. The van der Waals surface area contributed by atoms with Crippen LogP contribution in [0.5, 0.6) is 17.2 Å². The highest BCUT2D eigenvalue weighted by molar-refractivity contribution is 5.75. The predicted octanol–water partition coefficient (Wildman–Crippen LogP) is 6.23. The Labute approximate surface area is 206 Å². The molecule has 0 amide bonds. The van der Waals surface area contributed by atoms with Gasteiger partial charge in [-0.2, -0.15) is 4.98 Å². The first-order chi connectivity index (χ1) is 17.5. The average molecular weight is 486 g/mol. The molecular formula is C28H23FN2O5. The fourth-order valence-electron chi connectivity index (χ4n) is 4.87. The van der Waals surface area contributed by atoms with E-state index in [9.17, 15) is 9.18 Å². The Hall–Kier alpha value is -4.20. The van der Waals surface area contributed by atoms with E-state index in [1.54, 1.807) is 13.0 Å². The van der Waals surface area contributed by atoms with Crippen molar-refractivity contribution in [2.45, 2.75) is 38.2 Å². The van der Waals surface area contributed by atoms with Crippen LogP contribution in [-0.4, -0.2) is 21.2 Å². The number of ether oxygens (including phenoxy) is 2. The van der Waals surface area contributed by atoms with Crippen LogP contribution >= 0.6 is 0 Å². The number of benzene rings is 3. The standard InChI is InChI=1S/C28H23FN2O5/c1-15-30-27(31-36-15)17-4-8-18(9-5-17)34-24-13-11-23(29)26-20(24)10-12-25(26)35-19-6-2-16(3-7-19)21-14-22(21)28(32)33/h2-9,11,13,21-22,25H,10,12,14H2,1H3,(H,32,33)/t21-,22+,25-/m1/s1. The van der Waals surface area contributed by atoms with Gasteiger partial charge in [-0.15, -0.1) is 0 Å². The van der Waals surface area contributed by atoms with Crippen LogP contribution in [0, 0.1) is 18.7 Å². The van der Waals surface area contributed by atoms with E-state index in [0.29, 0.717) is 53.8 Å². The number of fused-ring (bicyclic) bond motifs is 1. The number of hydrogen-bond acceptors (Lipinski definition) is 6. The molecule has 0 unspecified atom stereocenters. The minimum Gasteiger partial charge on any atom is -0.486 e. The summed E-state index contributed by atoms with van der Waals surface area (Å²) in [5, 5.41) is 13.1. The van der Waals surface area contributed by atoms with E-state index >= 15 is 0 Å². The topological polar surface area (TPSA) is 94.7 Å². The Bertz CT molecular complexity index is 1430. The summed E-state index contributed by atoms with van der Waals surface area (Å²) < 4.78 is 32.2. The molecule has 1 saturated carbocycles. The molecule has 6 rings (SSSR count). The highest BCUT2D eigenvalue weighted by atomic mass is 19.1. The van der Waals surface area contributed by atoms with E-state index in [2.05, 4.69) is 10.1 Å². The largest absolute Gasteiger partial charge is 0.486 e. The lowest BCUT2D eigenvalue weighted by molar-refractivity contribution is -0.138. The molecule has 4 aromatic rings. The number of aromatic nitrogens is 2. The molecule has 3 atom stereocenters. The lowest BCUT2D eigenvalue weighted by Gasteiger charge is -2.17. The van der Waals surface area contributed by atoms with Gasteiger partial charge in [-0.25, -0.2) is 4.39 Å². The SMILES string of the molecule is Cc1nc(-c2ccc(Oc3ccc(F)c4c3CC[C@H]4Oc3ccc([C@H]4C[C@@H]4C(=O)O)cc3)cc2)no1. The van der Waals surface area contributed by atoms with E-state index in [1.165, 1.54) is 6.07 Å². The summed E-state index contributed by atoms with van der Waals surface area (Å²) in [5.41, 5.74) is 3.12. The maximum absolute atomic E-state index is 14.9. The fraction of sp³-hybridized carbons (Fsp3) is 0.250. The molecule has 8 heteroatoms. The van der Waals surface area contributed by atoms with Crippen LogP contribution in [0.1, 0.15) is 47.4 Å². The van der Waals surface area contributed by atoms with Gasteiger partial charge in [0.2, 0.25) is 11.7 Å². The van der Waals surface area contributed by atoms with Crippen LogP contribution in [0.15, 0.2) is 65.2 Å². The molecule has 2 aliphatic carbocycles. The van der Waals surface area contributed by atoms with Gasteiger partial charge in [-0.1, -0.05) is 17.3 Å². The van der Waals surface area contributed by atoms with Crippen molar-refractivity contribution in [3.63, 3.8) is 0 Å². The van der Waals surface area contributed by atoms with Crippen LogP contribution in [0.25, 0.3) is 11.4 Å². The molecular weight excluding hydrogens is 463 g/mol. The van der Waals surface area contributed by atoms with Crippen molar-refractivity contribution in [2.24, 2.45) is 5.92 Å². The van der Waals surface area contributed by atoms with Crippen LogP contribution in [0.3, 0.4) is 0 Å². The number of hydrogen-bond donors (Lipinski definition) is 1. The number of halogens is 1. The summed E-state index contributed by atoms with van der Waals surface area (Å²) in [4.78, 5) is 15.4. The zero-order chi connectivity index (χ0) is 24.8. The summed E-state index contributed by atoms with van der Waals surface area (Å²) in [6.07, 6.45) is 1.51. The number of aryl methyl sites for hydroxylation is 1. The van der Waals surface area contributed by atoms with Crippen molar-refractivity contribution in [3.05, 3.63) is 89.1 Å². The normalized spacial score (nSPS) is 20.1. The van der Waals surface area contributed by atoms with Crippen molar-refractivity contribution in [2.75, 3.05) is 0 Å². The Balaban J connectivity index is 1.17. The second-order valence-electron chi connectivity index (χ2n) is 9.20. The monoisotopic (exact) mass is 486 g/mol. The van der Waals surface area contributed by atoms with Crippen LogP contribution in [0.4, 0.5) is 4.39 Å². The number of rotatable bonds is 7. The first-order valence-corrected chi connectivity index (χ1v) is 11.9. The zero-order valence-corrected chi connectivity index (χ0v) is 19.5. The molecule has 0 spiro atoms. The first-order valence-electron chi connectivity index (χ1n) is 11.9. The summed E-state index contributed by atoms with van der Waals surface area (Å²) in [6, 6.07) is 17.8. The Morgan fingerprint density at radius 1 is 1.06 bits per heavy atom. The van der Waals surface area contributed by atoms with Gasteiger partial charge in [0.15, 0.2) is 0 Å². The molecule has 0 bridgehead atoms. The average Bonchev–Trinajstić information content (AvgIpc) is 3.40. The first kappa shape index (κ1) is 22.3. The van der Waals surface area contributed by atoms with Crippen molar-refractivity contribution in [1.82, 2.24) is 10.1 Å². The lowest BCUT2D eigenvalue weighted by Crippen LogP contribution is -2.06. The molecule has 0 saturated heterocycles. The third-order valence-electron chi connectivity index (χ3n) is 6.80. The van der Waals surface area contributed by atoms with Gasteiger partial charge >= 0.3 is 5.97 Å². The second kappa shape index (κ2) is 8.78. The Kier molecular flexibility index (Phi) is 5.44. The molecule has 2 aliphatic rings. The minimum atomic E-state index is -0.755. The molecule has 1 N–H and O–H groups in total. The summed E-state index contributed by atoms with van der Waals surface area (Å²) in [5.74, 6) is 1.54. The van der Waals surface area contributed by atoms with Crippen molar-refractivity contribution < 1.29 is 28.3 Å². The quantitative estimate of drug-likeness (QED) is 0.331. The molecule has 0 radical (unpaired) electrons. The van der Waals surface area contributed by atoms with Gasteiger partial charge in [-0.3, -0.25) is 4.79 Å². The number of aliphatic carboxylic acids is 1. The van der Waals surface area contributed by atoms with Gasteiger partial charge in [0, 0.05) is 23.6 Å². The number of carboxylic acid groups (broad SMARTS) is 1. The molecule has 1 fully saturated rings. The number of nitrogens with zero attached hydrogens (tertiary/aromatic N) is 2. The lowest BCUT2D eigenvalue weighted by atomic mass is 10.1. The van der Waals surface area contributed by atoms with Crippen molar-refractivity contribution in [1.29, 1.82) is 0 Å². The molecule has 36 heavy (non-hydrogen) atoms. The van der Waals surface area contributed by atoms with E-state index in [1.807, 2.05) is 48.5 Å².